The Morgan fingerprint density at radius 1 is 1.00 bits per heavy atom. The summed E-state index contributed by atoms with van der Waals surface area (Å²) in [6.45, 7) is 2.25. The Morgan fingerprint density at radius 3 is 2.05 bits per heavy atom. The largest absolute Gasteiger partial charge is 0.452 e. The molecule has 3 heteroatoms. The monoisotopic (exact) mass is 298 g/mol. The number of carbonyl (C=O) groups excluding carboxylic acids is 1. The first-order valence-corrected chi connectivity index (χ1v) is 8.39. The number of hydrogen-bond donors (Lipinski definition) is 0. The normalized spacial score (nSPS) is 10.9. The molecule has 0 fully saturated rings. The number of unbranched alkanes of at least 4 members (excludes halogenated alkanes) is 9. The fourth-order valence-electron chi connectivity index (χ4n) is 2.40. The first-order chi connectivity index (χ1) is 9.75. The van der Waals surface area contributed by atoms with Crippen LogP contribution in [0.3, 0.4) is 0 Å². The van der Waals surface area contributed by atoms with E-state index in [2.05, 4.69) is 6.92 Å². The predicted molar refractivity (Wildman–Crippen MR) is 84.5 cm³/mol. The summed E-state index contributed by atoms with van der Waals surface area (Å²) in [6, 6.07) is 1.65. The van der Waals surface area contributed by atoms with E-state index in [0.29, 0.717) is 12.0 Å². The molecule has 1 rings (SSSR count). The van der Waals surface area contributed by atoms with Gasteiger partial charge in [0.2, 0.25) is 5.22 Å². The third-order valence-electron chi connectivity index (χ3n) is 3.68. The molecule has 0 aromatic carbocycles. The Morgan fingerprint density at radius 2 is 1.55 bits per heavy atom. The molecule has 0 bridgehead atoms. The number of ketones is 1. The summed E-state index contributed by atoms with van der Waals surface area (Å²) in [6.07, 6.45) is 14.8. The molecule has 0 radical (unpaired) electrons. The maximum atomic E-state index is 11.8. The number of rotatable bonds is 12. The van der Waals surface area contributed by atoms with Gasteiger partial charge in [-0.05, 0) is 24.1 Å². The quantitative estimate of drug-likeness (QED) is 0.329. The zero-order valence-corrected chi connectivity index (χ0v) is 13.4. The van der Waals surface area contributed by atoms with Gasteiger partial charge in [-0.2, -0.15) is 0 Å². The highest BCUT2D eigenvalue weighted by molar-refractivity contribution is 6.32. The standard InChI is InChI=1S/C17H27ClO2/c1-2-3-4-5-6-7-8-9-10-11-12-16(19)15-13-14-20-17(15)18/h13-14H,2-12H2,1H3. The van der Waals surface area contributed by atoms with E-state index in [1.54, 1.807) is 6.07 Å². The van der Waals surface area contributed by atoms with Crippen molar-refractivity contribution in [3.63, 3.8) is 0 Å². The third kappa shape index (κ3) is 7.14. The van der Waals surface area contributed by atoms with Crippen LogP contribution in [0.25, 0.3) is 0 Å². The molecule has 0 saturated heterocycles. The minimum absolute atomic E-state index is 0.100. The van der Waals surface area contributed by atoms with E-state index >= 15 is 0 Å². The van der Waals surface area contributed by atoms with Gasteiger partial charge in [0.25, 0.3) is 0 Å². The number of carbonyl (C=O) groups is 1. The fraction of sp³-hybridized carbons (Fsp3) is 0.706. The van der Waals surface area contributed by atoms with Crippen molar-refractivity contribution in [3.8, 4) is 0 Å². The molecule has 0 unspecified atom stereocenters. The van der Waals surface area contributed by atoms with Crippen LogP contribution in [0.1, 0.15) is 87.9 Å². The highest BCUT2D eigenvalue weighted by Gasteiger charge is 2.11. The van der Waals surface area contributed by atoms with E-state index < -0.39 is 0 Å². The van der Waals surface area contributed by atoms with Crippen LogP contribution in [0.2, 0.25) is 5.22 Å². The van der Waals surface area contributed by atoms with Crippen LogP contribution in [-0.4, -0.2) is 5.78 Å². The van der Waals surface area contributed by atoms with Gasteiger partial charge in [0, 0.05) is 6.42 Å². The van der Waals surface area contributed by atoms with E-state index in [9.17, 15) is 4.79 Å². The molecule has 0 amide bonds. The van der Waals surface area contributed by atoms with Crippen molar-refractivity contribution in [2.45, 2.75) is 77.6 Å². The topological polar surface area (TPSA) is 30.2 Å². The summed E-state index contributed by atoms with van der Waals surface area (Å²) in [4.78, 5) is 11.8. The van der Waals surface area contributed by atoms with Gasteiger partial charge in [-0.3, -0.25) is 4.79 Å². The Balaban J connectivity index is 1.92. The molecule has 0 aliphatic heterocycles. The Labute approximate surface area is 127 Å². The Hall–Kier alpha value is -0.760. The second kappa shape index (κ2) is 11.0. The van der Waals surface area contributed by atoms with Gasteiger partial charge in [-0.1, -0.05) is 64.7 Å². The molecule has 0 aliphatic carbocycles. The first-order valence-electron chi connectivity index (χ1n) is 8.02. The summed E-state index contributed by atoms with van der Waals surface area (Å²) in [7, 11) is 0. The molecule has 0 saturated carbocycles. The van der Waals surface area contributed by atoms with Crippen molar-refractivity contribution in [1.29, 1.82) is 0 Å². The summed E-state index contributed by atoms with van der Waals surface area (Å²) in [5, 5.41) is 0.224. The summed E-state index contributed by atoms with van der Waals surface area (Å²) < 4.78 is 4.93. The third-order valence-corrected chi connectivity index (χ3v) is 3.97. The van der Waals surface area contributed by atoms with Crippen LogP contribution >= 0.6 is 11.6 Å². The van der Waals surface area contributed by atoms with Gasteiger partial charge >= 0.3 is 0 Å². The average Bonchev–Trinajstić information content (AvgIpc) is 2.87. The van der Waals surface area contributed by atoms with Crippen LogP contribution in [0.5, 0.6) is 0 Å². The Kier molecular flexibility index (Phi) is 9.48. The van der Waals surface area contributed by atoms with Crippen LogP contribution < -0.4 is 0 Å². The zero-order valence-electron chi connectivity index (χ0n) is 12.6. The molecule has 0 atom stereocenters. The lowest BCUT2D eigenvalue weighted by Crippen LogP contribution is -1.97. The SMILES string of the molecule is CCCCCCCCCCCCC(=O)c1ccoc1Cl. The van der Waals surface area contributed by atoms with E-state index in [-0.39, 0.29) is 11.0 Å². The number of halogens is 1. The highest BCUT2D eigenvalue weighted by Crippen LogP contribution is 2.19. The molecule has 114 valence electrons. The van der Waals surface area contributed by atoms with E-state index in [1.807, 2.05) is 0 Å². The second-order valence-corrected chi connectivity index (χ2v) is 5.81. The van der Waals surface area contributed by atoms with Gasteiger partial charge in [0.15, 0.2) is 5.78 Å². The molecule has 0 aliphatic rings. The lowest BCUT2D eigenvalue weighted by Gasteiger charge is -2.02. The van der Waals surface area contributed by atoms with Crippen LogP contribution in [0.4, 0.5) is 0 Å². The van der Waals surface area contributed by atoms with Crippen molar-refractivity contribution in [2.24, 2.45) is 0 Å². The Bertz CT molecular complexity index is 371. The molecule has 2 nitrogen and oxygen atoms in total. The minimum Gasteiger partial charge on any atom is -0.452 e. The molecular weight excluding hydrogens is 272 g/mol. The van der Waals surface area contributed by atoms with E-state index in [0.717, 1.165) is 12.8 Å². The van der Waals surface area contributed by atoms with Gasteiger partial charge < -0.3 is 4.42 Å². The minimum atomic E-state index is 0.100. The van der Waals surface area contributed by atoms with Crippen molar-refractivity contribution in [2.75, 3.05) is 0 Å². The molecule has 20 heavy (non-hydrogen) atoms. The molecule has 0 N–H and O–H groups in total. The van der Waals surface area contributed by atoms with Gasteiger partial charge in [-0.15, -0.1) is 0 Å². The van der Waals surface area contributed by atoms with Crippen molar-refractivity contribution < 1.29 is 9.21 Å². The first kappa shape index (κ1) is 17.3. The maximum absolute atomic E-state index is 11.8. The number of hydrogen-bond acceptors (Lipinski definition) is 2. The smallest absolute Gasteiger partial charge is 0.203 e. The lowest BCUT2D eigenvalue weighted by atomic mass is 10.0. The van der Waals surface area contributed by atoms with E-state index in [4.69, 9.17) is 16.0 Å². The fourth-order valence-corrected chi connectivity index (χ4v) is 2.62. The molecular formula is C17H27ClO2. The lowest BCUT2D eigenvalue weighted by molar-refractivity contribution is 0.0978. The van der Waals surface area contributed by atoms with Crippen molar-refractivity contribution in [1.82, 2.24) is 0 Å². The van der Waals surface area contributed by atoms with Crippen molar-refractivity contribution >= 4 is 17.4 Å². The molecule has 1 aromatic heterocycles. The summed E-state index contributed by atoms with van der Waals surface area (Å²) >= 11 is 5.78. The zero-order chi connectivity index (χ0) is 14.6. The van der Waals surface area contributed by atoms with Gasteiger partial charge in [0.05, 0.1) is 11.8 Å². The second-order valence-electron chi connectivity index (χ2n) is 5.46. The van der Waals surface area contributed by atoms with E-state index in [1.165, 1.54) is 57.6 Å². The molecule has 1 heterocycles. The molecule has 0 spiro atoms. The average molecular weight is 299 g/mol. The van der Waals surface area contributed by atoms with Gasteiger partial charge in [-0.25, -0.2) is 0 Å². The summed E-state index contributed by atoms with van der Waals surface area (Å²) in [5.41, 5.74) is 0.530. The van der Waals surface area contributed by atoms with Crippen LogP contribution in [0.15, 0.2) is 16.7 Å². The number of furan rings is 1. The van der Waals surface area contributed by atoms with Crippen LogP contribution in [-0.2, 0) is 0 Å². The predicted octanol–water partition coefficient (Wildman–Crippen LogP) is 6.43. The number of Topliss-reactive ketones (excluding diaryl/α,β-unsaturated/α-hetero) is 1. The van der Waals surface area contributed by atoms with Gasteiger partial charge in [0.1, 0.15) is 0 Å². The highest BCUT2D eigenvalue weighted by atomic mass is 35.5. The summed E-state index contributed by atoms with van der Waals surface area (Å²) in [5.74, 6) is 0.100. The van der Waals surface area contributed by atoms with Crippen LogP contribution in [0, 0.1) is 0 Å². The maximum Gasteiger partial charge on any atom is 0.203 e. The molecule has 1 aromatic rings. The van der Waals surface area contributed by atoms with Crippen molar-refractivity contribution in [3.05, 3.63) is 23.1 Å².